The third-order valence-corrected chi connectivity index (χ3v) is 3.37. The minimum absolute atomic E-state index is 0.547. The predicted octanol–water partition coefficient (Wildman–Crippen LogP) is 2.26. The molecule has 88 valence electrons. The molecule has 0 saturated carbocycles. The van der Waals surface area contributed by atoms with Crippen LogP contribution in [0.25, 0.3) is 5.69 Å². The Kier molecular flexibility index (Phi) is 2.69. The van der Waals surface area contributed by atoms with Crippen molar-refractivity contribution in [1.29, 1.82) is 0 Å². The summed E-state index contributed by atoms with van der Waals surface area (Å²) >= 11 is 0. The number of imidazole rings is 1. The van der Waals surface area contributed by atoms with E-state index in [1.807, 2.05) is 6.20 Å². The molecule has 1 saturated heterocycles. The Labute approximate surface area is 101 Å². The van der Waals surface area contributed by atoms with Gasteiger partial charge in [0.05, 0.1) is 0 Å². The van der Waals surface area contributed by atoms with Crippen molar-refractivity contribution in [2.24, 2.45) is 0 Å². The first-order valence-corrected chi connectivity index (χ1v) is 6.15. The van der Waals surface area contributed by atoms with Crippen LogP contribution in [0.3, 0.4) is 0 Å². The van der Waals surface area contributed by atoms with Crippen molar-refractivity contribution in [2.45, 2.75) is 19.3 Å². The molecule has 3 heteroatoms. The van der Waals surface area contributed by atoms with Crippen molar-refractivity contribution >= 4 is 0 Å². The summed E-state index contributed by atoms with van der Waals surface area (Å²) in [6, 6.07) is 8.56. The number of aromatic nitrogens is 2. The van der Waals surface area contributed by atoms with E-state index >= 15 is 0 Å². The zero-order valence-corrected chi connectivity index (χ0v) is 10.1. The van der Waals surface area contributed by atoms with Crippen molar-refractivity contribution < 1.29 is 0 Å². The van der Waals surface area contributed by atoms with E-state index in [4.69, 9.17) is 0 Å². The highest BCUT2D eigenvalue weighted by atomic mass is 15.1. The molecule has 1 atom stereocenters. The Bertz CT molecular complexity index is 510. The molecule has 17 heavy (non-hydrogen) atoms. The number of rotatable bonds is 2. The van der Waals surface area contributed by atoms with Crippen LogP contribution in [0.2, 0.25) is 0 Å². The second-order valence-corrected chi connectivity index (χ2v) is 4.68. The maximum Gasteiger partial charge on any atom is 0.117 e. The molecule has 1 aromatic heterocycles. The normalized spacial score (nSPS) is 19.7. The van der Waals surface area contributed by atoms with E-state index in [0.29, 0.717) is 5.92 Å². The number of nitrogens with one attached hydrogen (secondary N) is 1. The summed E-state index contributed by atoms with van der Waals surface area (Å²) in [5.41, 5.74) is 2.50. The number of benzene rings is 1. The quantitative estimate of drug-likeness (QED) is 0.853. The average Bonchev–Trinajstić information content (AvgIpc) is 3.00. The van der Waals surface area contributed by atoms with Crippen LogP contribution in [0, 0.1) is 6.92 Å². The van der Waals surface area contributed by atoms with E-state index in [1.165, 1.54) is 23.5 Å². The largest absolute Gasteiger partial charge is 0.316 e. The highest BCUT2D eigenvalue weighted by Crippen LogP contribution is 2.23. The predicted molar refractivity (Wildman–Crippen MR) is 68.5 cm³/mol. The third-order valence-electron chi connectivity index (χ3n) is 3.37. The topological polar surface area (TPSA) is 29.9 Å². The molecule has 2 aromatic rings. The lowest BCUT2D eigenvalue weighted by atomic mass is 10.1. The Morgan fingerprint density at radius 1 is 1.41 bits per heavy atom. The summed E-state index contributed by atoms with van der Waals surface area (Å²) in [7, 11) is 0. The summed E-state index contributed by atoms with van der Waals surface area (Å²) in [4.78, 5) is 4.53. The Morgan fingerprint density at radius 3 is 3.12 bits per heavy atom. The van der Waals surface area contributed by atoms with Gasteiger partial charge >= 0.3 is 0 Å². The summed E-state index contributed by atoms with van der Waals surface area (Å²) in [5.74, 6) is 1.73. The van der Waals surface area contributed by atoms with E-state index in [0.717, 1.165) is 13.1 Å². The minimum atomic E-state index is 0.547. The third kappa shape index (κ3) is 1.98. The molecule has 1 aliphatic rings. The standard InChI is InChI=1S/C14H17N3/c1-11-3-2-4-13(9-11)17-8-7-16-14(17)12-5-6-15-10-12/h2-4,7-9,12,15H,5-6,10H2,1H3. The van der Waals surface area contributed by atoms with E-state index in [-0.39, 0.29) is 0 Å². The van der Waals surface area contributed by atoms with E-state index < -0.39 is 0 Å². The van der Waals surface area contributed by atoms with Gasteiger partial charge in [-0.25, -0.2) is 4.98 Å². The van der Waals surface area contributed by atoms with Crippen LogP contribution in [0.1, 0.15) is 23.7 Å². The van der Waals surface area contributed by atoms with Gasteiger partial charge in [-0.2, -0.15) is 0 Å². The lowest BCUT2D eigenvalue weighted by Gasteiger charge is -2.12. The number of aryl methyl sites for hydroxylation is 1. The van der Waals surface area contributed by atoms with Gasteiger partial charge in [0.2, 0.25) is 0 Å². The molecule has 0 spiro atoms. The molecule has 0 bridgehead atoms. The lowest BCUT2D eigenvalue weighted by Crippen LogP contribution is -2.11. The molecule has 0 radical (unpaired) electrons. The highest BCUT2D eigenvalue weighted by Gasteiger charge is 2.21. The van der Waals surface area contributed by atoms with Crippen LogP contribution < -0.4 is 5.32 Å². The first-order valence-electron chi connectivity index (χ1n) is 6.15. The zero-order chi connectivity index (χ0) is 11.7. The molecule has 0 aliphatic carbocycles. The maximum atomic E-state index is 4.53. The highest BCUT2D eigenvalue weighted by molar-refractivity contribution is 5.37. The molecule has 2 heterocycles. The molecule has 3 rings (SSSR count). The minimum Gasteiger partial charge on any atom is -0.316 e. The van der Waals surface area contributed by atoms with Crippen molar-refractivity contribution in [2.75, 3.05) is 13.1 Å². The summed E-state index contributed by atoms with van der Waals surface area (Å²) < 4.78 is 2.21. The Hall–Kier alpha value is -1.61. The van der Waals surface area contributed by atoms with Crippen LogP contribution in [-0.4, -0.2) is 22.6 Å². The number of hydrogen-bond acceptors (Lipinski definition) is 2. The summed E-state index contributed by atoms with van der Waals surface area (Å²) in [5, 5.41) is 3.40. The van der Waals surface area contributed by atoms with Gasteiger partial charge in [-0.05, 0) is 37.6 Å². The summed E-state index contributed by atoms with van der Waals surface area (Å²) in [6.07, 6.45) is 5.14. The van der Waals surface area contributed by atoms with Gasteiger partial charge in [0.1, 0.15) is 5.82 Å². The van der Waals surface area contributed by atoms with E-state index in [9.17, 15) is 0 Å². The molecular formula is C14H17N3. The van der Waals surface area contributed by atoms with Gasteiger partial charge in [-0.3, -0.25) is 0 Å². The van der Waals surface area contributed by atoms with Crippen LogP contribution in [0.15, 0.2) is 36.7 Å². The van der Waals surface area contributed by atoms with Gasteiger partial charge in [-0.15, -0.1) is 0 Å². The van der Waals surface area contributed by atoms with Crippen molar-refractivity contribution in [3.63, 3.8) is 0 Å². The Balaban J connectivity index is 2.00. The first kappa shape index (κ1) is 10.5. The van der Waals surface area contributed by atoms with Crippen LogP contribution in [0.4, 0.5) is 0 Å². The van der Waals surface area contributed by atoms with Crippen LogP contribution >= 0.6 is 0 Å². The lowest BCUT2D eigenvalue weighted by molar-refractivity contribution is 0.686. The molecule has 1 unspecified atom stereocenters. The smallest absolute Gasteiger partial charge is 0.117 e. The summed E-state index contributed by atoms with van der Waals surface area (Å²) in [6.45, 7) is 4.27. The second kappa shape index (κ2) is 4.34. The fourth-order valence-electron chi connectivity index (χ4n) is 2.49. The molecule has 3 nitrogen and oxygen atoms in total. The van der Waals surface area contributed by atoms with Gasteiger partial charge < -0.3 is 9.88 Å². The van der Waals surface area contributed by atoms with Crippen LogP contribution in [-0.2, 0) is 0 Å². The monoisotopic (exact) mass is 227 g/mol. The Morgan fingerprint density at radius 2 is 2.35 bits per heavy atom. The average molecular weight is 227 g/mol. The van der Waals surface area contributed by atoms with E-state index in [1.54, 1.807) is 0 Å². The van der Waals surface area contributed by atoms with E-state index in [2.05, 4.69) is 52.3 Å². The zero-order valence-electron chi connectivity index (χ0n) is 10.1. The van der Waals surface area contributed by atoms with Gasteiger partial charge in [-0.1, -0.05) is 12.1 Å². The molecule has 0 amide bonds. The van der Waals surface area contributed by atoms with Gasteiger partial charge in [0.15, 0.2) is 0 Å². The van der Waals surface area contributed by atoms with Gasteiger partial charge in [0, 0.05) is 30.5 Å². The number of hydrogen-bond donors (Lipinski definition) is 1. The van der Waals surface area contributed by atoms with Crippen molar-refractivity contribution in [3.05, 3.63) is 48.0 Å². The fraction of sp³-hybridized carbons (Fsp3) is 0.357. The second-order valence-electron chi connectivity index (χ2n) is 4.68. The maximum absolute atomic E-state index is 4.53. The molecular weight excluding hydrogens is 210 g/mol. The van der Waals surface area contributed by atoms with Crippen LogP contribution in [0.5, 0.6) is 0 Å². The van der Waals surface area contributed by atoms with Gasteiger partial charge in [0.25, 0.3) is 0 Å². The molecule has 1 aromatic carbocycles. The van der Waals surface area contributed by atoms with Crippen molar-refractivity contribution in [1.82, 2.24) is 14.9 Å². The number of nitrogens with zero attached hydrogens (tertiary/aromatic N) is 2. The SMILES string of the molecule is Cc1cccc(-n2ccnc2C2CCNC2)c1. The molecule has 1 fully saturated rings. The molecule has 1 aliphatic heterocycles. The first-order chi connectivity index (χ1) is 8.34. The molecule has 1 N–H and O–H groups in total. The fourth-order valence-corrected chi connectivity index (χ4v) is 2.49. The van der Waals surface area contributed by atoms with Crippen molar-refractivity contribution in [3.8, 4) is 5.69 Å².